The molecule has 68 valence electrons. The molecule has 0 radical (unpaired) electrons. The van der Waals surface area contributed by atoms with Gasteiger partial charge >= 0.3 is 0 Å². The van der Waals surface area contributed by atoms with Crippen LogP contribution in [-0.2, 0) is 13.6 Å². The van der Waals surface area contributed by atoms with Gasteiger partial charge in [0.2, 0.25) is 0 Å². The molecule has 0 N–H and O–H groups in total. The van der Waals surface area contributed by atoms with E-state index in [-0.39, 0.29) is 0 Å². The Morgan fingerprint density at radius 3 is 2.92 bits per heavy atom. The maximum atomic E-state index is 4.26. The van der Waals surface area contributed by atoms with E-state index in [1.807, 2.05) is 23.9 Å². The first kappa shape index (κ1) is 7.97. The number of aromatic nitrogens is 5. The summed E-state index contributed by atoms with van der Waals surface area (Å²) in [5, 5.41) is 12.1. The highest BCUT2D eigenvalue weighted by atomic mass is 15.3. The molecule has 0 fully saturated rings. The van der Waals surface area contributed by atoms with Crippen LogP contribution in [0.1, 0.15) is 6.92 Å². The molecule has 0 saturated carbocycles. The molecule has 0 unspecified atom stereocenters. The highest BCUT2D eigenvalue weighted by Crippen LogP contribution is 2.12. The van der Waals surface area contributed by atoms with Crippen LogP contribution in [-0.4, -0.2) is 24.5 Å². The minimum Gasteiger partial charge on any atom is -0.313 e. The van der Waals surface area contributed by atoms with Crippen molar-refractivity contribution >= 4 is 0 Å². The van der Waals surface area contributed by atoms with Crippen LogP contribution in [0.5, 0.6) is 0 Å². The summed E-state index contributed by atoms with van der Waals surface area (Å²) < 4.78 is 3.71. The molecule has 5 heteroatoms. The van der Waals surface area contributed by atoms with Gasteiger partial charge in [0, 0.05) is 19.8 Å². The summed E-state index contributed by atoms with van der Waals surface area (Å²) in [7, 11) is 1.89. The van der Waals surface area contributed by atoms with Crippen LogP contribution in [0.15, 0.2) is 18.6 Å². The smallest absolute Gasteiger partial charge is 0.184 e. The van der Waals surface area contributed by atoms with Gasteiger partial charge in [-0.25, -0.2) is 0 Å². The van der Waals surface area contributed by atoms with Crippen LogP contribution in [0, 0.1) is 0 Å². The van der Waals surface area contributed by atoms with E-state index in [9.17, 15) is 0 Å². The largest absolute Gasteiger partial charge is 0.313 e. The SMILES string of the molecule is CCn1cnnc1-c1ccn(C)n1. The lowest BCUT2D eigenvalue weighted by atomic mass is 10.4. The van der Waals surface area contributed by atoms with Gasteiger partial charge < -0.3 is 4.57 Å². The quantitative estimate of drug-likeness (QED) is 0.678. The van der Waals surface area contributed by atoms with Crippen molar-refractivity contribution in [1.82, 2.24) is 24.5 Å². The molecule has 0 spiro atoms. The Balaban J connectivity index is 2.45. The van der Waals surface area contributed by atoms with Crippen molar-refractivity contribution in [3.8, 4) is 11.5 Å². The molecule has 2 heterocycles. The van der Waals surface area contributed by atoms with Crippen LogP contribution in [0.25, 0.3) is 11.5 Å². The third kappa shape index (κ3) is 1.32. The van der Waals surface area contributed by atoms with Gasteiger partial charge in [0.05, 0.1) is 0 Å². The van der Waals surface area contributed by atoms with E-state index in [1.54, 1.807) is 11.0 Å². The lowest BCUT2D eigenvalue weighted by molar-refractivity contribution is 0.744. The minimum atomic E-state index is 0.822. The van der Waals surface area contributed by atoms with Crippen LogP contribution in [0.3, 0.4) is 0 Å². The van der Waals surface area contributed by atoms with Gasteiger partial charge in [0.1, 0.15) is 12.0 Å². The predicted octanol–water partition coefficient (Wildman–Crippen LogP) is 0.698. The fourth-order valence-electron chi connectivity index (χ4n) is 1.22. The molecule has 0 aliphatic carbocycles. The first-order chi connectivity index (χ1) is 6.31. The topological polar surface area (TPSA) is 48.5 Å². The average molecular weight is 177 g/mol. The summed E-state index contributed by atoms with van der Waals surface area (Å²) >= 11 is 0. The molecule has 5 nitrogen and oxygen atoms in total. The monoisotopic (exact) mass is 177 g/mol. The number of hydrogen-bond donors (Lipinski definition) is 0. The Morgan fingerprint density at radius 2 is 2.31 bits per heavy atom. The van der Waals surface area contributed by atoms with Crippen molar-refractivity contribution in [3.05, 3.63) is 18.6 Å². The lowest BCUT2D eigenvalue weighted by Crippen LogP contribution is -1.97. The van der Waals surface area contributed by atoms with Gasteiger partial charge in [-0.3, -0.25) is 4.68 Å². The van der Waals surface area contributed by atoms with Crippen molar-refractivity contribution in [2.75, 3.05) is 0 Å². The molecule has 2 rings (SSSR count). The summed E-state index contributed by atoms with van der Waals surface area (Å²) in [4.78, 5) is 0. The number of aryl methyl sites for hydroxylation is 2. The molecular weight excluding hydrogens is 166 g/mol. The van der Waals surface area contributed by atoms with Gasteiger partial charge in [-0.2, -0.15) is 5.10 Å². The Hall–Kier alpha value is -1.65. The van der Waals surface area contributed by atoms with Crippen LogP contribution in [0.4, 0.5) is 0 Å². The third-order valence-corrected chi connectivity index (χ3v) is 1.90. The molecule has 0 bridgehead atoms. The van der Waals surface area contributed by atoms with Crippen molar-refractivity contribution in [2.24, 2.45) is 7.05 Å². The normalized spacial score (nSPS) is 10.6. The highest BCUT2D eigenvalue weighted by Gasteiger charge is 2.07. The fourth-order valence-corrected chi connectivity index (χ4v) is 1.22. The number of nitrogens with zero attached hydrogens (tertiary/aromatic N) is 5. The summed E-state index contributed by atoms with van der Waals surface area (Å²) in [6.07, 6.45) is 3.61. The molecule has 0 amide bonds. The highest BCUT2D eigenvalue weighted by molar-refractivity contribution is 5.47. The van der Waals surface area contributed by atoms with Crippen LogP contribution >= 0.6 is 0 Å². The van der Waals surface area contributed by atoms with Gasteiger partial charge in [-0.15, -0.1) is 10.2 Å². The summed E-state index contributed by atoms with van der Waals surface area (Å²) in [5.41, 5.74) is 0.863. The van der Waals surface area contributed by atoms with E-state index in [4.69, 9.17) is 0 Å². The first-order valence-corrected chi connectivity index (χ1v) is 4.19. The summed E-state index contributed by atoms with van der Waals surface area (Å²) in [6.45, 7) is 2.91. The lowest BCUT2D eigenvalue weighted by Gasteiger charge is -1.98. The Kier molecular flexibility index (Phi) is 1.84. The molecule has 0 aromatic carbocycles. The van der Waals surface area contributed by atoms with E-state index in [0.717, 1.165) is 18.1 Å². The maximum Gasteiger partial charge on any atom is 0.184 e. The van der Waals surface area contributed by atoms with Crippen molar-refractivity contribution < 1.29 is 0 Å². The van der Waals surface area contributed by atoms with Crippen LogP contribution in [0.2, 0.25) is 0 Å². The van der Waals surface area contributed by atoms with E-state index in [1.165, 1.54) is 0 Å². The fraction of sp³-hybridized carbons (Fsp3) is 0.375. The zero-order valence-electron chi connectivity index (χ0n) is 7.68. The second-order valence-corrected chi connectivity index (χ2v) is 2.82. The Labute approximate surface area is 76.0 Å². The molecular formula is C8H11N5. The zero-order chi connectivity index (χ0) is 9.26. The number of rotatable bonds is 2. The predicted molar refractivity (Wildman–Crippen MR) is 47.9 cm³/mol. The second-order valence-electron chi connectivity index (χ2n) is 2.82. The van der Waals surface area contributed by atoms with Gasteiger partial charge in [0.15, 0.2) is 5.82 Å². The molecule has 0 atom stereocenters. The summed E-state index contributed by atoms with van der Waals surface area (Å²) in [6, 6.07) is 1.93. The minimum absolute atomic E-state index is 0.822. The van der Waals surface area contributed by atoms with E-state index in [2.05, 4.69) is 22.2 Å². The Bertz CT molecular complexity index is 400. The molecule has 2 aromatic heterocycles. The van der Waals surface area contributed by atoms with E-state index >= 15 is 0 Å². The zero-order valence-corrected chi connectivity index (χ0v) is 7.68. The average Bonchev–Trinajstić information content (AvgIpc) is 2.71. The second kappa shape index (κ2) is 3.01. The molecule has 0 aliphatic heterocycles. The van der Waals surface area contributed by atoms with Gasteiger partial charge in [0.25, 0.3) is 0 Å². The van der Waals surface area contributed by atoms with Crippen LogP contribution < -0.4 is 0 Å². The van der Waals surface area contributed by atoms with Gasteiger partial charge in [-0.05, 0) is 13.0 Å². The summed E-state index contributed by atoms with van der Waals surface area (Å²) in [5.74, 6) is 0.822. The van der Waals surface area contributed by atoms with E-state index in [0.29, 0.717) is 0 Å². The molecule has 0 aliphatic rings. The third-order valence-electron chi connectivity index (χ3n) is 1.90. The van der Waals surface area contributed by atoms with E-state index < -0.39 is 0 Å². The first-order valence-electron chi connectivity index (χ1n) is 4.19. The Morgan fingerprint density at radius 1 is 1.46 bits per heavy atom. The van der Waals surface area contributed by atoms with Gasteiger partial charge in [-0.1, -0.05) is 0 Å². The maximum absolute atomic E-state index is 4.26. The van der Waals surface area contributed by atoms with Crippen molar-refractivity contribution in [3.63, 3.8) is 0 Å². The molecule has 0 saturated heterocycles. The standard InChI is InChI=1S/C8H11N5/c1-3-13-6-9-10-8(13)7-4-5-12(2)11-7/h4-6H,3H2,1-2H3. The van der Waals surface area contributed by atoms with Crippen molar-refractivity contribution in [2.45, 2.75) is 13.5 Å². The molecule has 13 heavy (non-hydrogen) atoms. The van der Waals surface area contributed by atoms with Crippen molar-refractivity contribution in [1.29, 1.82) is 0 Å². The molecule has 2 aromatic rings. The number of hydrogen-bond acceptors (Lipinski definition) is 3.